The Morgan fingerprint density at radius 3 is 2.31 bits per heavy atom. The number of aliphatic imine (C=N–C) groups is 1. The SMILES string of the molecule is CC(F)(F)c1ccccc1CN=C(N)Nc1ccc(OCc2ccccc2)cc1. The summed E-state index contributed by atoms with van der Waals surface area (Å²) in [6.07, 6.45) is 0. The first-order valence-electron chi connectivity index (χ1n) is 9.22. The fourth-order valence-corrected chi connectivity index (χ4v) is 2.82. The third kappa shape index (κ3) is 6.04. The van der Waals surface area contributed by atoms with Gasteiger partial charge in [0, 0.05) is 18.2 Å². The van der Waals surface area contributed by atoms with Crippen molar-refractivity contribution < 1.29 is 13.5 Å². The normalized spacial score (nSPS) is 11.9. The van der Waals surface area contributed by atoms with Crippen molar-refractivity contribution in [2.75, 3.05) is 5.32 Å². The topological polar surface area (TPSA) is 59.6 Å². The van der Waals surface area contributed by atoms with Gasteiger partial charge in [-0.15, -0.1) is 0 Å². The summed E-state index contributed by atoms with van der Waals surface area (Å²) >= 11 is 0. The van der Waals surface area contributed by atoms with Crippen LogP contribution in [0.4, 0.5) is 14.5 Å². The Bertz CT molecular complexity index is 952. The second-order valence-corrected chi connectivity index (χ2v) is 6.67. The van der Waals surface area contributed by atoms with Gasteiger partial charge in [0.15, 0.2) is 5.96 Å². The lowest BCUT2D eigenvalue weighted by atomic mass is 10.0. The number of halogens is 2. The van der Waals surface area contributed by atoms with E-state index in [1.54, 1.807) is 18.2 Å². The van der Waals surface area contributed by atoms with Crippen LogP contribution in [0, 0.1) is 0 Å². The van der Waals surface area contributed by atoms with Crippen LogP contribution in [0.15, 0.2) is 83.9 Å². The van der Waals surface area contributed by atoms with Crippen LogP contribution >= 0.6 is 0 Å². The molecule has 0 unspecified atom stereocenters. The molecule has 3 rings (SSSR count). The van der Waals surface area contributed by atoms with Crippen molar-refractivity contribution in [3.8, 4) is 5.75 Å². The van der Waals surface area contributed by atoms with E-state index in [0.29, 0.717) is 12.2 Å². The van der Waals surface area contributed by atoms with Gasteiger partial charge in [-0.25, -0.2) is 13.8 Å². The number of nitrogens with zero attached hydrogens (tertiary/aromatic N) is 1. The number of alkyl halides is 2. The van der Waals surface area contributed by atoms with Crippen LogP contribution in [0.3, 0.4) is 0 Å². The molecule has 0 heterocycles. The molecule has 150 valence electrons. The lowest BCUT2D eigenvalue weighted by Crippen LogP contribution is -2.22. The standard InChI is InChI=1S/C23H23F2N3O/c1-23(24,25)21-10-6-5-9-18(21)15-27-22(26)28-19-11-13-20(14-12-19)29-16-17-7-3-2-4-8-17/h2-14H,15-16H2,1H3,(H3,26,27,28). The van der Waals surface area contributed by atoms with Crippen molar-refractivity contribution in [2.45, 2.75) is 26.0 Å². The Balaban J connectivity index is 1.57. The average Bonchev–Trinajstić information content (AvgIpc) is 2.72. The number of nitrogens with two attached hydrogens (primary N) is 1. The van der Waals surface area contributed by atoms with Gasteiger partial charge in [-0.05, 0) is 35.4 Å². The number of nitrogens with one attached hydrogen (secondary N) is 1. The van der Waals surface area contributed by atoms with Crippen LogP contribution in [0.2, 0.25) is 0 Å². The number of anilines is 1. The first-order valence-corrected chi connectivity index (χ1v) is 9.22. The van der Waals surface area contributed by atoms with Crippen molar-refractivity contribution in [3.63, 3.8) is 0 Å². The van der Waals surface area contributed by atoms with E-state index in [9.17, 15) is 8.78 Å². The third-order valence-electron chi connectivity index (χ3n) is 4.29. The van der Waals surface area contributed by atoms with E-state index < -0.39 is 5.92 Å². The fourth-order valence-electron chi connectivity index (χ4n) is 2.82. The van der Waals surface area contributed by atoms with E-state index >= 15 is 0 Å². The zero-order valence-electron chi connectivity index (χ0n) is 16.1. The molecule has 0 atom stereocenters. The monoisotopic (exact) mass is 395 g/mol. The summed E-state index contributed by atoms with van der Waals surface area (Å²) in [7, 11) is 0. The van der Waals surface area contributed by atoms with Crippen molar-refractivity contribution in [1.82, 2.24) is 0 Å². The molecule has 4 nitrogen and oxygen atoms in total. The Morgan fingerprint density at radius 1 is 0.966 bits per heavy atom. The van der Waals surface area contributed by atoms with Gasteiger partial charge in [-0.3, -0.25) is 0 Å². The Labute approximate surface area is 169 Å². The zero-order valence-corrected chi connectivity index (χ0v) is 16.1. The summed E-state index contributed by atoms with van der Waals surface area (Å²) in [5.74, 6) is -2.05. The summed E-state index contributed by atoms with van der Waals surface area (Å²) in [6, 6.07) is 23.5. The van der Waals surface area contributed by atoms with Gasteiger partial charge < -0.3 is 15.8 Å². The molecule has 6 heteroatoms. The number of hydrogen-bond donors (Lipinski definition) is 2. The average molecular weight is 395 g/mol. The van der Waals surface area contributed by atoms with E-state index in [-0.39, 0.29) is 18.1 Å². The van der Waals surface area contributed by atoms with Crippen LogP contribution in [-0.2, 0) is 19.1 Å². The zero-order chi connectivity index (χ0) is 20.7. The molecule has 0 aliphatic rings. The molecule has 0 saturated carbocycles. The predicted octanol–water partition coefficient (Wildman–Crippen LogP) is 5.30. The highest BCUT2D eigenvalue weighted by molar-refractivity contribution is 5.92. The largest absolute Gasteiger partial charge is 0.489 e. The van der Waals surface area contributed by atoms with E-state index in [4.69, 9.17) is 10.5 Å². The lowest BCUT2D eigenvalue weighted by Gasteiger charge is -2.14. The fraction of sp³-hybridized carbons (Fsp3) is 0.174. The summed E-state index contributed by atoms with van der Waals surface area (Å²) < 4.78 is 33.1. The molecule has 0 bridgehead atoms. The van der Waals surface area contributed by atoms with Gasteiger partial charge in [0.05, 0.1) is 6.54 Å². The van der Waals surface area contributed by atoms with Crippen molar-refractivity contribution >= 4 is 11.6 Å². The highest BCUT2D eigenvalue weighted by Crippen LogP contribution is 2.30. The summed E-state index contributed by atoms with van der Waals surface area (Å²) in [4.78, 5) is 4.18. The minimum Gasteiger partial charge on any atom is -0.489 e. The van der Waals surface area contributed by atoms with Crippen LogP contribution in [0.1, 0.15) is 23.6 Å². The van der Waals surface area contributed by atoms with Crippen molar-refractivity contribution in [2.24, 2.45) is 10.7 Å². The predicted molar refractivity (Wildman–Crippen MR) is 112 cm³/mol. The maximum absolute atomic E-state index is 13.7. The van der Waals surface area contributed by atoms with E-state index in [0.717, 1.165) is 23.9 Å². The van der Waals surface area contributed by atoms with Crippen molar-refractivity contribution in [1.29, 1.82) is 0 Å². The van der Waals surface area contributed by atoms with Gasteiger partial charge in [-0.2, -0.15) is 0 Å². The van der Waals surface area contributed by atoms with Crippen molar-refractivity contribution in [3.05, 3.63) is 95.6 Å². The van der Waals surface area contributed by atoms with Crippen LogP contribution in [0.5, 0.6) is 5.75 Å². The maximum Gasteiger partial charge on any atom is 0.270 e. The molecule has 0 aliphatic heterocycles. The second kappa shape index (κ2) is 9.19. The summed E-state index contributed by atoms with van der Waals surface area (Å²) in [5, 5.41) is 2.96. The Morgan fingerprint density at radius 2 is 1.62 bits per heavy atom. The highest BCUT2D eigenvalue weighted by atomic mass is 19.3. The Hall–Kier alpha value is -3.41. The molecule has 0 fully saturated rings. The number of benzene rings is 3. The number of guanidine groups is 1. The summed E-state index contributed by atoms with van der Waals surface area (Å²) in [6.45, 7) is 1.42. The lowest BCUT2D eigenvalue weighted by molar-refractivity contribution is 0.0166. The van der Waals surface area contributed by atoms with Gasteiger partial charge in [0.25, 0.3) is 5.92 Å². The summed E-state index contributed by atoms with van der Waals surface area (Å²) in [5.41, 5.74) is 8.12. The third-order valence-corrected chi connectivity index (χ3v) is 4.29. The van der Waals surface area contributed by atoms with E-state index in [1.165, 1.54) is 6.07 Å². The molecule has 0 amide bonds. The van der Waals surface area contributed by atoms with Gasteiger partial charge in [-0.1, -0.05) is 54.6 Å². The van der Waals surface area contributed by atoms with Gasteiger partial charge in [0.2, 0.25) is 0 Å². The number of ether oxygens (including phenoxy) is 1. The molecule has 29 heavy (non-hydrogen) atoms. The number of hydrogen-bond acceptors (Lipinski definition) is 2. The maximum atomic E-state index is 13.7. The van der Waals surface area contributed by atoms with Crippen LogP contribution in [-0.4, -0.2) is 5.96 Å². The second-order valence-electron chi connectivity index (χ2n) is 6.67. The Kier molecular flexibility index (Phi) is 6.44. The number of rotatable bonds is 7. The first-order chi connectivity index (χ1) is 13.9. The molecule has 0 spiro atoms. The van der Waals surface area contributed by atoms with E-state index in [2.05, 4.69) is 10.3 Å². The molecular formula is C23H23F2N3O. The molecule has 0 aliphatic carbocycles. The molecule has 0 aromatic heterocycles. The van der Waals surface area contributed by atoms with E-state index in [1.807, 2.05) is 54.6 Å². The van der Waals surface area contributed by atoms with Crippen LogP contribution in [0.25, 0.3) is 0 Å². The molecule has 0 saturated heterocycles. The molecule has 3 aromatic rings. The quantitative estimate of drug-likeness (QED) is 0.421. The molecule has 0 radical (unpaired) electrons. The first kappa shape index (κ1) is 20.3. The minimum atomic E-state index is -2.93. The molecule has 3 N–H and O–H groups in total. The van der Waals surface area contributed by atoms with Crippen LogP contribution < -0.4 is 15.8 Å². The molecule has 3 aromatic carbocycles. The smallest absolute Gasteiger partial charge is 0.270 e. The molecular weight excluding hydrogens is 372 g/mol. The highest BCUT2D eigenvalue weighted by Gasteiger charge is 2.26. The van der Waals surface area contributed by atoms with Gasteiger partial charge in [0.1, 0.15) is 12.4 Å². The van der Waals surface area contributed by atoms with Gasteiger partial charge >= 0.3 is 0 Å². The minimum absolute atomic E-state index is 0.0449.